The second-order valence-corrected chi connectivity index (χ2v) is 6.40. The van der Waals surface area contributed by atoms with Gasteiger partial charge in [0.15, 0.2) is 12.4 Å². The number of rotatable bonds is 3. The molecule has 0 fully saturated rings. The Balaban J connectivity index is 0.00000147. The molecule has 0 amide bonds. The number of hydrogen-bond donors (Lipinski definition) is 0. The largest absolute Gasteiger partial charge is 1.00 e. The van der Waals surface area contributed by atoms with Gasteiger partial charge in [-0.15, -0.1) is 11.3 Å². The van der Waals surface area contributed by atoms with Gasteiger partial charge in [0.1, 0.15) is 11.6 Å². The van der Waals surface area contributed by atoms with Crippen molar-refractivity contribution < 1.29 is 28.5 Å². The first kappa shape index (κ1) is 15.9. The van der Waals surface area contributed by atoms with E-state index in [4.69, 9.17) is 0 Å². The third-order valence-corrected chi connectivity index (χ3v) is 4.53. The summed E-state index contributed by atoms with van der Waals surface area (Å²) in [6.07, 6.45) is 5.40. The number of fused-ring (bicyclic) bond motifs is 1. The van der Waals surface area contributed by atoms with Crippen LogP contribution in [0.2, 0.25) is 0 Å². The lowest BCUT2D eigenvalue weighted by Gasteiger charge is -1.95. The van der Waals surface area contributed by atoms with Crippen LogP contribution in [0.25, 0.3) is 20.8 Å². The van der Waals surface area contributed by atoms with Gasteiger partial charge in [-0.1, -0.05) is 22.9 Å². The Kier molecular flexibility index (Phi) is 5.51. The molecular weight excluding hydrogens is 447 g/mol. The van der Waals surface area contributed by atoms with Crippen molar-refractivity contribution in [3.8, 4) is 10.6 Å². The van der Waals surface area contributed by atoms with E-state index in [1.807, 2.05) is 6.07 Å². The summed E-state index contributed by atoms with van der Waals surface area (Å²) in [5.74, 6) is 0. The van der Waals surface area contributed by atoms with E-state index >= 15 is 0 Å². The van der Waals surface area contributed by atoms with Gasteiger partial charge >= 0.3 is 0 Å². The Labute approximate surface area is 148 Å². The van der Waals surface area contributed by atoms with Gasteiger partial charge in [-0.05, 0) is 18.2 Å². The fraction of sp³-hybridized carbons (Fsp3) is 0.200. The van der Waals surface area contributed by atoms with Gasteiger partial charge in [-0.25, -0.2) is 9.55 Å². The van der Waals surface area contributed by atoms with Crippen molar-refractivity contribution in [2.75, 3.05) is 0 Å². The van der Waals surface area contributed by atoms with Crippen molar-refractivity contribution >= 4 is 37.5 Å². The van der Waals surface area contributed by atoms with Crippen LogP contribution in [0.4, 0.5) is 0 Å². The molecule has 0 unspecified atom stereocenters. The Bertz CT molecular complexity index is 709. The van der Waals surface area contributed by atoms with Crippen molar-refractivity contribution in [3.63, 3.8) is 0 Å². The first-order chi connectivity index (χ1) is 9.26. The molecule has 2 nitrogen and oxygen atoms in total. The van der Waals surface area contributed by atoms with Crippen molar-refractivity contribution in [1.82, 2.24) is 4.98 Å². The fourth-order valence-corrected chi connectivity index (χ4v) is 3.55. The minimum atomic E-state index is 0. The monoisotopic (exact) mass is 460 g/mol. The zero-order valence-corrected chi connectivity index (χ0v) is 15.6. The molecule has 0 aliphatic rings. The quantitative estimate of drug-likeness (QED) is 0.426. The van der Waals surface area contributed by atoms with Crippen LogP contribution in [0.3, 0.4) is 0 Å². The summed E-state index contributed by atoms with van der Waals surface area (Å²) in [6.45, 7) is 3.25. The first-order valence-corrected chi connectivity index (χ1v) is 7.93. The number of nitrogens with zero attached hydrogens (tertiary/aromatic N) is 2. The number of benzene rings is 1. The van der Waals surface area contributed by atoms with Crippen molar-refractivity contribution in [3.05, 3.63) is 47.2 Å². The third kappa shape index (κ3) is 3.38. The van der Waals surface area contributed by atoms with Gasteiger partial charge in [0.05, 0.1) is 10.2 Å². The van der Waals surface area contributed by atoms with Crippen molar-refractivity contribution in [2.24, 2.45) is 0 Å². The molecule has 3 aromatic rings. The predicted molar refractivity (Wildman–Crippen MR) is 83.2 cm³/mol. The molecule has 2 heterocycles. The van der Waals surface area contributed by atoms with E-state index in [2.05, 4.69) is 69.1 Å². The molecule has 3 rings (SSSR count). The molecule has 104 valence electrons. The predicted octanol–water partition coefficient (Wildman–Crippen LogP) is 1.43. The molecule has 0 radical (unpaired) electrons. The highest BCUT2D eigenvalue weighted by Crippen LogP contribution is 2.31. The number of hydrogen-bond acceptors (Lipinski definition) is 2. The summed E-state index contributed by atoms with van der Waals surface area (Å²) in [5.41, 5.74) is 2.25. The van der Waals surface area contributed by atoms with Gasteiger partial charge in [0, 0.05) is 28.6 Å². The van der Waals surface area contributed by atoms with Gasteiger partial charge in [0.2, 0.25) is 0 Å². The fourth-order valence-electron chi connectivity index (χ4n) is 2.03. The molecule has 0 bridgehead atoms. The Hall–Kier alpha value is -0.530. The normalized spacial score (nSPS) is 10.5. The Morgan fingerprint density at radius 3 is 2.65 bits per heavy atom. The topological polar surface area (TPSA) is 16.8 Å². The maximum absolute atomic E-state index is 4.69. The first-order valence-electron chi connectivity index (χ1n) is 6.32. The van der Waals surface area contributed by atoms with Crippen LogP contribution in [-0.4, -0.2) is 4.98 Å². The third-order valence-electron chi connectivity index (χ3n) is 2.97. The molecule has 0 N–H and O–H groups in total. The Morgan fingerprint density at radius 1 is 1.20 bits per heavy atom. The highest BCUT2D eigenvalue weighted by atomic mass is 127. The minimum absolute atomic E-state index is 0. The Morgan fingerprint density at radius 2 is 1.95 bits per heavy atom. The molecule has 0 saturated heterocycles. The average molecular weight is 461 g/mol. The van der Waals surface area contributed by atoms with Crippen LogP contribution in [0.5, 0.6) is 0 Å². The summed E-state index contributed by atoms with van der Waals surface area (Å²) in [4.78, 5) is 4.69. The van der Waals surface area contributed by atoms with Crippen LogP contribution in [0.1, 0.15) is 13.3 Å². The number of thiazole rings is 1. The van der Waals surface area contributed by atoms with Crippen LogP contribution in [0.15, 0.2) is 47.2 Å². The molecule has 20 heavy (non-hydrogen) atoms. The number of aromatic nitrogens is 2. The smallest absolute Gasteiger partial charge is 0.169 e. The van der Waals surface area contributed by atoms with Gasteiger partial charge in [-0.3, -0.25) is 0 Å². The van der Waals surface area contributed by atoms with E-state index < -0.39 is 0 Å². The average Bonchev–Trinajstić information content (AvgIpc) is 2.83. The lowest BCUT2D eigenvalue weighted by molar-refractivity contribution is -0.696. The summed E-state index contributed by atoms with van der Waals surface area (Å²) >= 11 is 5.23. The SMILES string of the molecule is CCC[n+]1ccc(-c2nc3ccc(Br)cc3s2)cc1.[I-]. The van der Waals surface area contributed by atoms with E-state index in [1.54, 1.807) is 11.3 Å². The summed E-state index contributed by atoms with van der Waals surface area (Å²) in [7, 11) is 0. The molecule has 0 saturated carbocycles. The van der Waals surface area contributed by atoms with Crippen molar-refractivity contribution in [1.29, 1.82) is 0 Å². The van der Waals surface area contributed by atoms with Crippen LogP contribution in [-0.2, 0) is 6.54 Å². The lowest BCUT2D eigenvalue weighted by atomic mass is 10.3. The second kappa shape index (κ2) is 6.95. The lowest BCUT2D eigenvalue weighted by Crippen LogP contribution is -3.00. The van der Waals surface area contributed by atoms with Crippen LogP contribution in [0, 0.1) is 0 Å². The van der Waals surface area contributed by atoms with Gasteiger partial charge in [0.25, 0.3) is 0 Å². The highest BCUT2D eigenvalue weighted by molar-refractivity contribution is 9.10. The maximum Gasteiger partial charge on any atom is 0.169 e. The standard InChI is InChI=1S/C15H14BrN2S.HI/c1-2-7-18-8-5-11(6-9-18)15-17-13-4-3-12(16)10-14(13)19-15;/h3-6,8-10H,2,7H2,1H3;1H/q+1;/p-1. The maximum atomic E-state index is 4.69. The molecule has 2 aromatic heterocycles. The molecule has 0 spiro atoms. The zero-order chi connectivity index (χ0) is 13.2. The zero-order valence-electron chi connectivity index (χ0n) is 11.0. The van der Waals surface area contributed by atoms with Crippen LogP contribution < -0.4 is 28.5 Å². The van der Waals surface area contributed by atoms with E-state index in [0.717, 1.165) is 28.0 Å². The van der Waals surface area contributed by atoms with Crippen LogP contribution >= 0.6 is 27.3 Å². The number of aryl methyl sites for hydroxylation is 1. The van der Waals surface area contributed by atoms with E-state index in [0.29, 0.717) is 0 Å². The minimum Gasteiger partial charge on any atom is -1.00 e. The number of halogens is 2. The molecule has 0 aliphatic carbocycles. The van der Waals surface area contributed by atoms with E-state index in [9.17, 15) is 0 Å². The number of pyridine rings is 1. The van der Waals surface area contributed by atoms with Gasteiger partial charge < -0.3 is 24.0 Å². The summed E-state index contributed by atoms with van der Waals surface area (Å²) in [6, 6.07) is 10.5. The summed E-state index contributed by atoms with van der Waals surface area (Å²) < 4.78 is 4.52. The molecule has 0 aliphatic heterocycles. The molecule has 5 heteroatoms. The highest BCUT2D eigenvalue weighted by Gasteiger charge is 2.08. The summed E-state index contributed by atoms with van der Waals surface area (Å²) in [5, 5.41) is 1.08. The van der Waals surface area contributed by atoms with E-state index in [1.165, 1.54) is 10.3 Å². The molecule has 0 atom stereocenters. The van der Waals surface area contributed by atoms with Gasteiger partial charge in [-0.2, -0.15) is 0 Å². The van der Waals surface area contributed by atoms with Crippen molar-refractivity contribution in [2.45, 2.75) is 19.9 Å². The molecule has 1 aromatic carbocycles. The van der Waals surface area contributed by atoms with E-state index in [-0.39, 0.29) is 24.0 Å². The molecular formula is C15H14BrIN2S. The second-order valence-electron chi connectivity index (χ2n) is 4.46.